The van der Waals surface area contributed by atoms with Gasteiger partial charge in [-0.15, -0.1) is 0 Å². The predicted octanol–water partition coefficient (Wildman–Crippen LogP) is 5.21. The lowest BCUT2D eigenvalue weighted by Crippen LogP contribution is -2.15. The number of anilines is 3. The number of nitrogens with two attached hydrogens (primary N) is 1. The molecule has 1 aliphatic rings. The number of hydrogen-bond acceptors (Lipinski definition) is 6. The highest BCUT2D eigenvalue weighted by atomic mass is 16.5. The van der Waals surface area contributed by atoms with Crippen molar-refractivity contribution in [1.29, 1.82) is 0 Å². The average molecular weight is 525 g/mol. The van der Waals surface area contributed by atoms with Gasteiger partial charge in [0.05, 0.1) is 7.11 Å². The van der Waals surface area contributed by atoms with E-state index in [0.29, 0.717) is 40.8 Å². The number of primary amides is 1. The number of methoxy groups -OCH3 is 1. The Balaban J connectivity index is 1.51. The van der Waals surface area contributed by atoms with Gasteiger partial charge in [0.25, 0.3) is 11.8 Å². The number of aromatic nitrogens is 3. The van der Waals surface area contributed by atoms with Crippen LogP contribution in [0, 0.1) is 6.92 Å². The van der Waals surface area contributed by atoms with Crippen LogP contribution in [0.4, 0.5) is 17.3 Å². The number of amides is 2. The second-order valence-electron chi connectivity index (χ2n) is 10.7. The number of pyridine rings is 1. The molecule has 9 heteroatoms. The molecule has 5 rings (SSSR count). The van der Waals surface area contributed by atoms with Gasteiger partial charge in [-0.25, -0.2) is 9.67 Å². The smallest absolute Gasteiger partial charge is 0.256 e. The summed E-state index contributed by atoms with van der Waals surface area (Å²) in [5, 5.41) is 11.0. The Morgan fingerprint density at radius 1 is 1.10 bits per heavy atom. The number of carbonyl (C=O) groups excluding carboxylic acids is 2. The van der Waals surface area contributed by atoms with E-state index in [2.05, 4.69) is 48.5 Å². The van der Waals surface area contributed by atoms with E-state index < -0.39 is 5.91 Å². The molecule has 0 fully saturated rings. The van der Waals surface area contributed by atoms with Crippen molar-refractivity contribution >= 4 is 29.1 Å². The summed E-state index contributed by atoms with van der Waals surface area (Å²) in [4.78, 5) is 30.0. The number of rotatable bonds is 5. The Morgan fingerprint density at radius 3 is 2.59 bits per heavy atom. The van der Waals surface area contributed by atoms with E-state index >= 15 is 0 Å². The molecule has 2 aromatic carbocycles. The number of hydrogen-bond donors (Lipinski definition) is 3. The molecule has 3 heterocycles. The highest BCUT2D eigenvalue weighted by molar-refractivity contribution is 6.07. The second kappa shape index (κ2) is 9.90. The lowest BCUT2D eigenvalue weighted by Gasteiger charge is -2.21. The zero-order valence-electron chi connectivity index (χ0n) is 22.8. The van der Waals surface area contributed by atoms with Crippen LogP contribution in [0.1, 0.15) is 58.3 Å². The van der Waals surface area contributed by atoms with Gasteiger partial charge in [0.2, 0.25) is 0 Å². The molecule has 2 aromatic heterocycles. The van der Waals surface area contributed by atoms with E-state index in [9.17, 15) is 9.59 Å². The standard InChI is InChI=1S/C30H32N6O3/c1-17-7-6-8-24(32-17)34-29(38)19-9-11-21(23(16-19)39-5)26-25(27(31)37)28-33-22-12-10-20(30(2,3)4)15-18(22)13-14-36(28)35-26/h6-12,15-16,33H,13-14H2,1-5H3,(H2,31,37)(H,32,34,38). The molecule has 0 unspecified atom stereocenters. The van der Waals surface area contributed by atoms with Gasteiger partial charge in [0.15, 0.2) is 0 Å². The van der Waals surface area contributed by atoms with E-state index in [1.165, 1.54) is 12.7 Å². The Morgan fingerprint density at radius 2 is 1.90 bits per heavy atom. The van der Waals surface area contributed by atoms with Crippen molar-refractivity contribution in [3.63, 3.8) is 0 Å². The molecule has 4 aromatic rings. The van der Waals surface area contributed by atoms with Gasteiger partial charge < -0.3 is 21.1 Å². The van der Waals surface area contributed by atoms with Gasteiger partial charge in [-0.2, -0.15) is 5.10 Å². The highest BCUT2D eigenvalue weighted by Gasteiger charge is 2.28. The number of nitrogens with zero attached hydrogens (tertiary/aromatic N) is 3. The number of carbonyl (C=O) groups is 2. The third-order valence-electron chi connectivity index (χ3n) is 6.86. The molecule has 0 saturated heterocycles. The van der Waals surface area contributed by atoms with Gasteiger partial charge >= 0.3 is 0 Å². The fourth-order valence-corrected chi connectivity index (χ4v) is 4.74. The van der Waals surface area contributed by atoms with Gasteiger partial charge in [-0.1, -0.05) is 39.0 Å². The van der Waals surface area contributed by atoms with Gasteiger partial charge in [-0.05, 0) is 66.3 Å². The zero-order chi connectivity index (χ0) is 27.9. The maximum Gasteiger partial charge on any atom is 0.256 e. The van der Waals surface area contributed by atoms with Crippen molar-refractivity contribution in [1.82, 2.24) is 14.8 Å². The summed E-state index contributed by atoms with van der Waals surface area (Å²) >= 11 is 0. The number of fused-ring (bicyclic) bond motifs is 2. The van der Waals surface area contributed by atoms with Crippen LogP contribution in [-0.2, 0) is 18.4 Å². The fourth-order valence-electron chi connectivity index (χ4n) is 4.74. The van der Waals surface area contributed by atoms with E-state index in [1.807, 2.05) is 25.1 Å². The summed E-state index contributed by atoms with van der Waals surface area (Å²) in [5.41, 5.74) is 11.6. The first-order valence-corrected chi connectivity index (χ1v) is 12.8. The van der Waals surface area contributed by atoms with Crippen LogP contribution < -0.4 is 21.1 Å². The van der Waals surface area contributed by atoms with E-state index in [1.54, 1.807) is 28.9 Å². The Bertz CT molecular complexity index is 1600. The first kappa shape index (κ1) is 26.0. The lowest BCUT2D eigenvalue weighted by atomic mass is 9.85. The van der Waals surface area contributed by atoms with Crippen LogP contribution in [0.25, 0.3) is 11.3 Å². The van der Waals surface area contributed by atoms with Crippen molar-refractivity contribution in [2.45, 2.75) is 46.1 Å². The minimum atomic E-state index is -0.608. The van der Waals surface area contributed by atoms with Crippen LogP contribution >= 0.6 is 0 Å². The van der Waals surface area contributed by atoms with Gasteiger partial charge in [-0.3, -0.25) is 9.59 Å². The molecular formula is C30H32N6O3. The summed E-state index contributed by atoms with van der Waals surface area (Å²) in [5.74, 6) is 0.447. The number of benzene rings is 2. The Labute approximate surface area is 227 Å². The molecule has 2 amide bonds. The lowest BCUT2D eigenvalue weighted by molar-refractivity contribution is 0.0998. The molecule has 0 radical (unpaired) electrons. The molecule has 4 N–H and O–H groups in total. The van der Waals surface area contributed by atoms with Gasteiger partial charge in [0, 0.05) is 29.1 Å². The number of ether oxygens (including phenoxy) is 1. The molecule has 0 spiro atoms. The third kappa shape index (κ3) is 5.07. The first-order valence-electron chi connectivity index (χ1n) is 12.8. The topological polar surface area (TPSA) is 124 Å². The van der Waals surface area contributed by atoms with Crippen molar-refractivity contribution in [3.05, 3.63) is 82.5 Å². The first-order chi connectivity index (χ1) is 18.5. The Kier molecular flexibility index (Phi) is 6.59. The second-order valence-corrected chi connectivity index (χ2v) is 10.7. The van der Waals surface area contributed by atoms with Gasteiger partial charge in [0.1, 0.15) is 28.6 Å². The summed E-state index contributed by atoms with van der Waals surface area (Å²) in [6.45, 7) is 8.97. The third-order valence-corrected chi connectivity index (χ3v) is 6.86. The maximum absolute atomic E-state index is 12.9. The monoisotopic (exact) mass is 524 g/mol. The van der Waals surface area contributed by atoms with Crippen molar-refractivity contribution in [3.8, 4) is 17.0 Å². The normalized spacial score (nSPS) is 12.5. The Hall–Kier alpha value is -4.66. The summed E-state index contributed by atoms with van der Waals surface area (Å²) in [6, 6.07) is 16.7. The van der Waals surface area contributed by atoms with Crippen molar-refractivity contribution < 1.29 is 14.3 Å². The number of nitrogens with one attached hydrogen (secondary N) is 2. The van der Waals surface area contributed by atoms with Crippen LogP contribution in [-0.4, -0.2) is 33.7 Å². The summed E-state index contributed by atoms with van der Waals surface area (Å²) in [6.07, 6.45) is 0.738. The van der Waals surface area contributed by atoms with E-state index in [4.69, 9.17) is 15.6 Å². The van der Waals surface area contributed by atoms with Crippen LogP contribution in [0.5, 0.6) is 5.75 Å². The number of aryl methyl sites for hydroxylation is 3. The van der Waals surface area contributed by atoms with Crippen molar-refractivity contribution in [2.75, 3.05) is 17.7 Å². The molecule has 1 aliphatic heterocycles. The minimum Gasteiger partial charge on any atom is -0.496 e. The van der Waals surface area contributed by atoms with E-state index in [0.717, 1.165) is 23.4 Å². The quantitative estimate of drug-likeness (QED) is 0.329. The molecule has 39 heavy (non-hydrogen) atoms. The summed E-state index contributed by atoms with van der Waals surface area (Å²) in [7, 11) is 1.51. The molecule has 0 aliphatic carbocycles. The molecule has 0 saturated carbocycles. The van der Waals surface area contributed by atoms with Crippen LogP contribution in [0.15, 0.2) is 54.6 Å². The SMILES string of the molecule is COc1cc(C(=O)Nc2cccc(C)n2)ccc1-c1nn2c(c1C(N)=O)Nc1ccc(C(C)(C)C)cc1CC2. The minimum absolute atomic E-state index is 0.0244. The van der Waals surface area contributed by atoms with Crippen LogP contribution in [0.2, 0.25) is 0 Å². The molecule has 0 bridgehead atoms. The van der Waals surface area contributed by atoms with Crippen LogP contribution in [0.3, 0.4) is 0 Å². The van der Waals surface area contributed by atoms with Crippen molar-refractivity contribution in [2.24, 2.45) is 5.73 Å². The average Bonchev–Trinajstić information content (AvgIpc) is 3.15. The fraction of sp³-hybridized carbons (Fsp3) is 0.267. The largest absolute Gasteiger partial charge is 0.496 e. The maximum atomic E-state index is 12.9. The van der Waals surface area contributed by atoms with E-state index in [-0.39, 0.29) is 16.9 Å². The summed E-state index contributed by atoms with van der Waals surface area (Å²) < 4.78 is 7.41. The molecular weight excluding hydrogens is 492 g/mol. The molecule has 0 atom stereocenters. The highest BCUT2D eigenvalue weighted by Crippen LogP contribution is 2.39. The predicted molar refractivity (Wildman–Crippen MR) is 152 cm³/mol. The molecule has 200 valence electrons. The zero-order valence-corrected chi connectivity index (χ0v) is 22.8. The molecule has 9 nitrogen and oxygen atoms in total.